The van der Waals surface area contributed by atoms with Crippen LogP contribution in [0.4, 0.5) is 0 Å². The lowest BCUT2D eigenvalue weighted by Crippen LogP contribution is -2.45. The van der Waals surface area contributed by atoms with Gasteiger partial charge in [-0.1, -0.05) is 0 Å². The van der Waals surface area contributed by atoms with Crippen LogP contribution in [0.15, 0.2) is 0 Å². The van der Waals surface area contributed by atoms with Crippen molar-refractivity contribution in [2.24, 2.45) is 5.73 Å². The first-order valence-electron chi connectivity index (χ1n) is 4.33. The summed E-state index contributed by atoms with van der Waals surface area (Å²) in [4.78, 5) is 21.9. The van der Waals surface area contributed by atoms with E-state index in [2.05, 4.69) is 10.6 Å². The molecule has 0 spiro atoms. The molecule has 1 aliphatic rings. The van der Waals surface area contributed by atoms with Crippen molar-refractivity contribution < 1.29 is 9.59 Å². The van der Waals surface area contributed by atoms with E-state index in [0.29, 0.717) is 0 Å². The molecule has 0 aromatic carbocycles. The summed E-state index contributed by atoms with van der Waals surface area (Å²) in [5, 5.41) is 5.23. The molecule has 0 radical (unpaired) electrons. The maximum Gasteiger partial charge on any atom is 0.242 e. The molecule has 5 nitrogen and oxygen atoms in total. The van der Waals surface area contributed by atoms with Crippen LogP contribution in [0.25, 0.3) is 0 Å². The highest BCUT2D eigenvalue weighted by atomic mass is 16.2. The maximum absolute atomic E-state index is 11.3. The van der Waals surface area contributed by atoms with E-state index in [9.17, 15) is 9.59 Å². The van der Waals surface area contributed by atoms with Gasteiger partial charge in [-0.15, -0.1) is 0 Å². The summed E-state index contributed by atoms with van der Waals surface area (Å²) in [6.07, 6.45) is 0.832. The van der Waals surface area contributed by atoms with Crippen LogP contribution in [0.5, 0.6) is 0 Å². The standard InChI is InChI=1S/C8H15N3O2/c1-4(10-5(2)12)8(13)11-7-3-6(7)9/h4,6-7H,3,9H2,1-2H3,(H,10,12)(H,11,13). The molecule has 5 heteroatoms. The fourth-order valence-corrected chi connectivity index (χ4v) is 1.06. The first-order valence-corrected chi connectivity index (χ1v) is 4.33. The number of rotatable bonds is 3. The number of amides is 2. The number of hydrogen-bond donors (Lipinski definition) is 3. The summed E-state index contributed by atoms with van der Waals surface area (Å²) in [6, 6.07) is -0.289. The Bertz CT molecular complexity index is 229. The van der Waals surface area contributed by atoms with Crippen molar-refractivity contribution in [3.63, 3.8) is 0 Å². The Morgan fingerprint density at radius 2 is 2.08 bits per heavy atom. The molecule has 13 heavy (non-hydrogen) atoms. The molecular weight excluding hydrogens is 170 g/mol. The van der Waals surface area contributed by atoms with E-state index in [1.807, 2.05) is 0 Å². The number of nitrogens with one attached hydrogen (secondary N) is 2. The lowest BCUT2D eigenvalue weighted by Gasteiger charge is -2.12. The van der Waals surface area contributed by atoms with E-state index in [0.717, 1.165) is 6.42 Å². The molecule has 0 saturated heterocycles. The van der Waals surface area contributed by atoms with Crippen LogP contribution in [0.3, 0.4) is 0 Å². The Labute approximate surface area is 77.1 Å². The molecule has 1 rings (SSSR count). The maximum atomic E-state index is 11.3. The van der Waals surface area contributed by atoms with Gasteiger partial charge in [0.15, 0.2) is 0 Å². The van der Waals surface area contributed by atoms with E-state index in [1.165, 1.54) is 6.92 Å². The smallest absolute Gasteiger partial charge is 0.242 e. The lowest BCUT2D eigenvalue weighted by molar-refractivity contribution is -0.127. The molecule has 0 aromatic rings. The molecular formula is C8H15N3O2. The van der Waals surface area contributed by atoms with Crippen LogP contribution in [-0.2, 0) is 9.59 Å². The van der Waals surface area contributed by atoms with Crippen LogP contribution < -0.4 is 16.4 Å². The molecule has 3 unspecified atom stereocenters. The van der Waals surface area contributed by atoms with Gasteiger partial charge < -0.3 is 16.4 Å². The Kier molecular flexibility index (Phi) is 2.87. The second-order valence-corrected chi connectivity index (χ2v) is 3.44. The SMILES string of the molecule is CC(=O)NC(C)C(=O)NC1CC1N. The van der Waals surface area contributed by atoms with Gasteiger partial charge in [-0.2, -0.15) is 0 Å². The fourth-order valence-electron chi connectivity index (χ4n) is 1.06. The Morgan fingerprint density at radius 3 is 2.46 bits per heavy atom. The van der Waals surface area contributed by atoms with Crippen molar-refractivity contribution in [2.45, 2.75) is 38.4 Å². The molecule has 0 bridgehead atoms. The van der Waals surface area contributed by atoms with E-state index >= 15 is 0 Å². The topological polar surface area (TPSA) is 84.2 Å². The second-order valence-electron chi connectivity index (χ2n) is 3.44. The van der Waals surface area contributed by atoms with Gasteiger partial charge in [-0.3, -0.25) is 9.59 Å². The largest absolute Gasteiger partial charge is 0.350 e. The van der Waals surface area contributed by atoms with E-state index in [-0.39, 0.29) is 23.9 Å². The van der Waals surface area contributed by atoms with Crippen molar-refractivity contribution in [2.75, 3.05) is 0 Å². The van der Waals surface area contributed by atoms with E-state index in [1.54, 1.807) is 6.92 Å². The Hall–Kier alpha value is -1.10. The van der Waals surface area contributed by atoms with Crippen molar-refractivity contribution >= 4 is 11.8 Å². The minimum Gasteiger partial charge on any atom is -0.350 e. The highest BCUT2D eigenvalue weighted by Crippen LogP contribution is 2.17. The summed E-state index contributed by atoms with van der Waals surface area (Å²) in [5.74, 6) is -0.379. The van der Waals surface area contributed by atoms with Crippen LogP contribution in [0.2, 0.25) is 0 Å². The Balaban J connectivity index is 2.26. The zero-order chi connectivity index (χ0) is 10.0. The lowest BCUT2D eigenvalue weighted by atomic mass is 10.3. The summed E-state index contributed by atoms with van der Waals surface area (Å²) in [5.41, 5.74) is 5.51. The summed E-state index contributed by atoms with van der Waals surface area (Å²) < 4.78 is 0. The predicted molar refractivity (Wildman–Crippen MR) is 47.8 cm³/mol. The normalized spacial score (nSPS) is 27.6. The van der Waals surface area contributed by atoms with Crippen molar-refractivity contribution in [1.82, 2.24) is 10.6 Å². The van der Waals surface area contributed by atoms with Crippen LogP contribution in [0.1, 0.15) is 20.3 Å². The molecule has 2 amide bonds. The monoisotopic (exact) mass is 185 g/mol. The minimum atomic E-state index is -0.481. The van der Waals surface area contributed by atoms with Gasteiger partial charge in [0.25, 0.3) is 0 Å². The molecule has 3 atom stereocenters. The van der Waals surface area contributed by atoms with Gasteiger partial charge in [0.05, 0.1) is 0 Å². The summed E-state index contributed by atoms with van der Waals surface area (Å²) in [7, 11) is 0. The van der Waals surface area contributed by atoms with Crippen molar-refractivity contribution in [3.8, 4) is 0 Å². The van der Waals surface area contributed by atoms with Crippen molar-refractivity contribution in [3.05, 3.63) is 0 Å². The highest BCUT2D eigenvalue weighted by Gasteiger charge is 2.35. The van der Waals surface area contributed by atoms with Gasteiger partial charge in [-0.25, -0.2) is 0 Å². The third kappa shape index (κ3) is 3.02. The predicted octanol–water partition coefficient (Wildman–Crippen LogP) is -1.27. The molecule has 0 heterocycles. The van der Waals surface area contributed by atoms with Crippen LogP contribution >= 0.6 is 0 Å². The van der Waals surface area contributed by atoms with Gasteiger partial charge >= 0.3 is 0 Å². The fraction of sp³-hybridized carbons (Fsp3) is 0.750. The van der Waals surface area contributed by atoms with Gasteiger partial charge in [-0.05, 0) is 13.3 Å². The Morgan fingerprint density at radius 1 is 1.54 bits per heavy atom. The average molecular weight is 185 g/mol. The molecule has 1 saturated carbocycles. The number of nitrogens with two attached hydrogens (primary N) is 1. The molecule has 1 fully saturated rings. The third-order valence-electron chi connectivity index (χ3n) is 1.98. The van der Waals surface area contributed by atoms with Gasteiger partial charge in [0.2, 0.25) is 11.8 Å². The quantitative estimate of drug-likeness (QED) is 0.512. The van der Waals surface area contributed by atoms with Crippen LogP contribution in [0, 0.1) is 0 Å². The summed E-state index contributed by atoms with van der Waals surface area (Å²) in [6.45, 7) is 3.03. The van der Waals surface area contributed by atoms with E-state index < -0.39 is 6.04 Å². The first kappa shape index (κ1) is 9.98. The molecule has 74 valence electrons. The first-order chi connectivity index (χ1) is 6.00. The summed E-state index contributed by atoms with van der Waals surface area (Å²) >= 11 is 0. The number of hydrogen-bond acceptors (Lipinski definition) is 3. The molecule has 4 N–H and O–H groups in total. The van der Waals surface area contributed by atoms with Crippen LogP contribution in [-0.4, -0.2) is 29.9 Å². The van der Waals surface area contributed by atoms with Gasteiger partial charge in [0.1, 0.15) is 6.04 Å². The van der Waals surface area contributed by atoms with Crippen molar-refractivity contribution in [1.29, 1.82) is 0 Å². The third-order valence-corrected chi connectivity index (χ3v) is 1.98. The molecule has 1 aliphatic carbocycles. The number of carbonyl (C=O) groups excluding carboxylic acids is 2. The molecule has 0 aliphatic heterocycles. The second kappa shape index (κ2) is 3.74. The average Bonchev–Trinajstić information content (AvgIpc) is 2.64. The number of carbonyl (C=O) groups is 2. The van der Waals surface area contributed by atoms with E-state index in [4.69, 9.17) is 5.73 Å². The van der Waals surface area contributed by atoms with Gasteiger partial charge in [0, 0.05) is 19.0 Å². The zero-order valence-electron chi connectivity index (χ0n) is 7.83. The molecule has 0 aromatic heterocycles. The minimum absolute atomic E-state index is 0.0912. The highest BCUT2D eigenvalue weighted by molar-refractivity contribution is 5.86. The zero-order valence-corrected chi connectivity index (χ0v) is 7.83.